The maximum Gasteiger partial charge on any atom is 0.262 e. The normalized spacial score (nSPS) is 15.0. The van der Waals surface area contributed by atoms with E-state index in [1.165, 1.54) is 5.56 Å². The summed E-state index contributed by atoms with van der Waals surface area (Å²) in [6.45, 7) is 6.69. The molecule has 1 saturated heterocycles. The molecule has 1 atom stereocenters. The third-order valence-electron chi connectivity index (χ3n) is 6.67. The van der Waals surface area contributed by atoms with Crippen molar-refractivity contribution in [2.24, 2.45) is 5.92 Å². The maximum atomic E-state index is 12.7. The van der Waals surface area contributed by atoms with Crippen LogP contribution in [0.1, 0.15) is 42.9 Å². The quantitative estimate of drug-likeness (QED) is 0.382. The highest BCUT2D eigenvalue weighted by Gasteiger charge is 2.35. The Labute approximate surface area is 228 Å². The average molecular weight is 534 g/mol. The van der Waals surface area contributed by atoms with E-state index >= 15 is 0 Å². The summed E-state index contributed by atoms with van der Waals surface area (Å²) in [4.78, 5) is 39.3. The molecular weight excluding hydrogens is 502 g/mol. The van der Waals surface area contributed by atoms with Gasteiger partial charge in [0.2, 0.25) is 11.8 Å². The van der Waals surface area contributed by atoms with Crippen molar-refractivity contribution in [3.05, 3.63) is 88.4 Å². The van der Waals surface area contributed by atoms with Crippen LogP contribution in [0.3, 0.4) is 0 Å². The molecular formula is C30H32ClN3O4. The van der Waals surface area contributed by atoms with Gasteiger partial charge in [0.05, 0.1) is 5.92 Å². The number of rotatable bonds is 9. The maximum absolute atomic E-state index is 12.7. The molecule has 0 aliphatic carbocycles. The fraction of sp³-hybridized carbons (Fsp3) is 0.300. The third-order valence-corrected chi connectivity index (χ3v) is 7.08. The number of halogens is 1. The Morgan fingerprint density at radius 2 is 1.76 bits per heavy atom. The van der Waals surface area contributed by atoms with Gasteiger partial charge in [-0.3, -0.25) is 14.4 Å². The van der Waals surface area contributed by atoms with Gasteiger partial charge in [-0.1, -0.05) is 55.8 Å². The number of benzene rings is 3. The van der Waals surface area contributed by atoms with Crippen LogP contribution < -0.4 is 20.3 Å². The second-order valence-electron chi connectivity index (χ2n) is 9.76. The predicted octanol–water partition coefficient (Wildman–Crippen LogP) is 5.46. The predicted molar refractivity (Wildman–Crippen MR) is 150 cm³/mol. The molecule has 1 heterocycles. The standard InChI is InChI=1S/C30H32ClN3O4/c1-19(2)22-9-7-21(8-10-22)16-32-30(37)23-15-29(36)34(17-23)24-11-13-25(14-12-24)38-18-28(35)33-27-6-4-5-26(31)20(27)3/h4-14,19,23H,15-18H2,1-3H3,(H,32,37)(H,33,35)/t23-/m0/s1. The molecule has 8 heteroatoms. The molecule has 1 aliphatic heterocycles. The summed E-state index contributed by atoms with van der Waals surface area (Å²) < 4.78 is 5.60. The molecule has 3 aromatic carbocycles. The van der Waals surface area contributed by atoms with Gasteiger partial charge >= 0.3 is 0 Å². The fourth-order valence-corrected chi connectivity index (χ4v) is 4.46. The Balaban J connectivity index is 1.26. The van der Waals surface area contributed by atoms with E-state index in [4.69, 9.17) is 16.3 Å². The summed E-state index contributed by atoms with van der Waals surface area (Å²) in [5.74, 6) is 0.00592. The molecule has 3 amide bonds. The van der Waals surface area contributed by atoms with Gasteiger partial charge in [0.25, 0.3) is 5.91 Å². The minimum atomic E-state index is -0.410. The molecule has 3 aromatic rings. The van der Waals surface area contributed by atoms with Crippen molar-refractivity contribution in [3.8, 4) is 5.75 Å². The zero-order valence-corrected chi connectivity index (χ0v) is 22.5. The number of carbonyl (C=O) groups is 3. The first-order valence-corrected chi connectivity index (χ1v) is 13.0. The summed E-state index contributed by atoms with van der Waals surface area (Å²) in [7, 11) is 0. The summed E-state index contributed by atoms with van der Waals surface area (Å²) in [6.07, 6.45) is 0.166. The molecule has 38 heavy (non-hydrogen) atoms. The Kier molecular flexibility index (Phi) is 8.69. The monoisotopic (exact) mass is 533 g/mol. The number of hydrogen-bond donors (Lipinski definition) is 2. The molecule has 0 unspecified atom stereocenters. The van der Waals surface area contributed by atoms with E-state index in [-0.39, 0.29) is 30.7 Å². The van der Waals surface area contributed by atoms with E-state index < -0.39 is 5.92 Å². The first kappa shape index (κ1) is 27.2. The zero-order chi connectivity index (χ0) is 27.2. The second kappa shape index (κ2) is 12.1. The van der Waals surface area contributed by atoms with E-state index in [0.717, 1.165) is 11.1 Å². The number of carbonyl (C=O) groups excluding carboxylic acids is 3. The van der Waals surface area contributed by atoms with E-state index in [1.54, 1.807) is 47.4 Å². The first-order chi connectivity index (χ1) is 18.2. The van der Waals surface area contributed by atoms with Crippen LogP contribution in [0.25, 0.3) is 0 Å². The van der Waals surface area contributed by atoms with Gasteiger partial charge in [-0.25, -0.2) is 0 Å². The van der Waals surface area contributed by atoms with Gasteiger partial charge in [0, 0.05) is 35.9 Å². The fourth-order valence-electron chi connectivity index (χ4n) is 4.29. The number of anilines is 2. The van der Waals surface area contributed by atoms with Crippen molar-refractivity contribution >= 4 is 40.7 Å². The summed E-state index contributed by atoms with van der Waals surface area (Å²) >= 11 is 6.10. The lowest BCUT2D eigenvalue weighted by atomic mass is 10.0. The van der Waals surface area contributed by atoms with E-state index in [9.17, 15) is 14.4 Å². The highest BCUT2D eigenvalue weighted by atomic mass is 35.5. The molecule has 2 N–H and O–H groups in total. The van der Waals surface area contributed by atoms with Crippen molar-refractivity contribution in [2.45, 2.75) is 39.7 Å². The number of amides is 3. The number of ether oxygens (including phenoxy) is 1. The number of nitrogens with one attached hydrogen (secondary N) is 2. The van der Waals surface area contributed by atoms with Crippen LogP contribution in [0.2, 0.25) is 5.02 Å². The van der Waals surface area contributed by atoms with E-state index in [0.29, 0.717) is 41.2 Å². The highest BCUT2D eigenvalue weighted by molar-refractivity contribution is 6.31. The Bertz CT molecular complexity index is 1310. The van der Waals surface area contributed by atoms with Crippen LogP contribution in [-0.2, 0) is 20.9 Å². The van der Waals surface area contributed by atoms with Gasteiger partial charge < -0.3 is 20.3 Å². The smallest absolute Gasteiger partial charge is 0.262 e. The van der Waals surface area contributed by atoms with Gasteiger partial charge in [-0.05, 0) is 65.9 Å². The molecule has 7 nitrogen and oxygen atoms in total. The molecule has 0 radical (unpaired) electrons. The van der Waals surface area contributed by atoms with Crippen LogP contribution in [-0.4, -0.2) is 30.9 Å². The Morgan fingerprint density at radius 1 is 1.05 bits per heavy atom. The number of hydrogen-bond acceptors (Lipinski definition) is 4. The summed E-state index contributed by atoms with van der Waals surface area (Å²) in [5.41, 5.74) is 4.38. The average Bonchev–Trinajstić information content (AvgIpc) is 3.31. The van der Waals surface area contributed by atoms with Crippen LogP contribution in [0.5, 0.6) is 5.75 Å². The van der Waals surface area contributed by atoms with Gasteiger partial charge in [-0.2, -0.15) is 0 Å². The first-order valence-electron chi connectivity index (χ1n) is 12.7. The second-order valence-corrected chi connectivity index (χ2v) is 10.2. The van der Waals surface area contributed by atoms with Crippen molar-refractivity contribution in [1.82, 2.24) is 5.32 Å². The topological polar surface area (TPSA) is 87.7 Å². The van der Waals surface area contributed by atoms with Crippen molar-refractivity contribution in [1.29, 1.82) is 0 Å². The Morgan fingerprint density at radius 3 is 2.45 bits per heavy atom. The largest absolute Gasteiger partial charge is 0.484 e. The van der Waals surface area contributed by atoms with E-state index in [2.05, 4.69) is 36.6 Å². The third kappa shape index (κ3) is 6.72. The minimum Gasteiger partial charge on any atom is -0.484 e. The molecule has 0 aromatic heterocycles. The molecule has 1 fully saturated rings. The lowest BCUT2D eigenvalue weighted by molar-refractivity contribution is -0.126. The molecule has 4 rings (SSSR count). The molecule has 1 aliphatic rings. The molecule has 0 saturated carbocycles. The molecule has 198 valence electrons. The molecule has 0 spiro atoms. The minimum absolute atomic E-state index is 0.101. The highest BCUT2D eigenvalue weighted by Crippen LogP contribution is 2.27. The SMILES string of the molecule is Cc1c(Cl)cccc1NC(=O)COc1ccc(N2C[C@@H](C(=O)NCc3ccc(C(C)C)cc3)CC2=O)cc1. The van der Waals surface area contributed by atoms with Gasteiger partial charge in [0.15, 0.2) is 6.61 Å². The summed E-state index contributed by atoms with van der Waals surface area (Å²) in [6, 6.07) is 20.4. The van der Waals surface area contributed by atoms with Crippen molar-refractivity contribution < 1.29 is 19.1 Å². The Hall–Kier alpha value is -3.84. The van der Waals surface area contributed by atoms with Gasteiger partial charge in [-0.15, -0.1) is 0 Å². The lowest BCUT2D eigenvalue weighted by Gasteiger charge is -2.17. The van der Waals surface area contributed by atoms with Crippen LogP contribution >= 0.6 is 11.6 Å². The van der Waals surface area contributed by atoms with Crippen LogP contribution in [0.4, 0.5) is 11.4 Å². The van der Waals surface area contributed by atoms with Crippen molar-refractivity contribution in [3.63, 3.8) is 0 Å². The van der Waals surface area contributed by atoms with Crippen LogP contribution in [0.15, 0.2) is 66.7 Å². The van der Waals surface area contributed by atoms with Crippen LogP contribution in [0, 0.1) is 12.8 Å². The lowest BCUT2D eigenvalue weighted by Crippen LogP contribution is -2.32. The summed E-state index contributed by atoms with van der Waals surface area (Å²) in [5, 5.41) is 6.32. The number of nitrogens with zero attached hydrogens (tertiary/aromatic N) is 1. The van der Waals surface area contributed by atoms with Gasteiger partial charge in [0.1, 0.15) is 5.75 Å². The van der Waals surface area contributed by atoms with Crippen molar-refractivity contribution in [2.75, 3.05) is 23.4 Å². The zero-order valence-electron chi connectivity index (χ0n) is 21.8. The van der Waals surface area contributed by atoms with E-state index in [1.807, 2.05) is 19.1 Å². The molecule has 0 bridgehead atoms.